The summed E-state index contributed by atoms with van der Waals surface area (Å²) in [5.41, 5.74) is 26.6. The fourth-order valence-electron chi connectivity index (χ4n) is 12.5. The van der Waals surface area contributed by atoms with Gasteiger partial charge in [0.2, 0.25) is 0 Å². The van der Waals surface area contributed by atoms with Gasteiger partial charge in [0.05, 0.1) is 44.5 Å². The van der Waals surface area contributed by atoms with Crippen LogP contribution in [0, 0.1) is 0 Å². The molecule has 0 bridgehead atoms. The van der Waals surface area contributed by atoms with Gasteiger partial charge in [-0.3, -0.25) is 0 Å². The van der Waals surface area contributed by atoms with Gasteiger partial charge in [0.25, 0.3) is 0 Å². The van der Waals surface area contributed by atoms with Gasteiger partial charge in [-0.15, -0.1) is 0 Å². The highest BCUT2D eigenvalue weighted by atomic mass is 15.0. The Labute approximate surface area is 487 Å². The molecule has 16 rings (SSSR count). The topological polar surface area (TPSA) is 35.6 Å². The van der Waals surface area contributed by atoms with Gasteiger partial charge in [-0.25, -0.2) is 9.97 Å². The van der Waals surface area contributed by atoms with Crippen molar-refractivity contribution in [3.8, 4) is 101 Å². The molecule has 0 aliphatic rings. The first-order valence-electron chi connectivity index (χ1n) is 28.7. The van der Waals surface area contributed by atoms with E-state index in [2.05, 4.69) is 300 Å². The van der Waals surface area contributed by atoms with Gasteiger partial charge < -0.3 is 9.13 Å². The monoisotopic (exact) mass is 1070 g/mol. The van der Waals surface area contributed by atoms with Crippen LogP contribution in [0.5, 0.6) is 0 Å². The normalized spacial score (nSPS) is 11.6. The maximum absolute atomic E-state index is 5.29. The maximum atomic E-state index is 5.29. The van der Waals surface area contributed by atoms with E-state index >= 15 is 0 Å². The lowest BCUT2D eigenvalue weighted by Crippen LogP contribution is -1.96. The largest absolute Gasteiger partial charge is 0.309 e. The number of fused-ring (bicyclic) bond motifs is 7. The van der Waals surface area contributed by atoms with Crippen LogP contribution < -0.4 is 0 Å². The van der Waals surface area contributed by atoms with Crippen LogP contribution in [0.1, 0.15) is 0 Å². The van der Waals surface area contributed by atoms with Crippen molar-refractivity contribution in [3.63, 3.8) is 0 Å². The summed E-state index contributed by atoms with van der Waals surface area (Å²) in [5.74, 6) is 0. The molecule has 0 aliphatic carbocycles. The number of nitrogens with zero attached hydrogens (tertiary/aromatic N) is 4. The molecule has 0 saturated heterocycles. The van der Waals surface area contributed by atoms with Crippen LogP contribution in [0.15, 0.2) is 315 Å². The molecule has 0 saturated carbocycles. The molecule has 392 valence electrons. The smallest absolute Gasteiger partial charge is 0.0973 e. The highest BCUT2D eigenvalue weighted by Crippen LogP contribution is 2.41. The molecule has 84 heavy (non-hydrogen) atoms. The van der Waals surface area contributed by atoms with Crippen LogP contribution in [0.3, 0.4) is 0 Å². The van der Waals surface area contributed by atoms with E-state index < -0.39 is 0 Å². The first-order chi connectivity index (χ1) is 41.6. The van der Waals surface area contributed by atoms with E-state index in [1.807, 2.05) is 24.3 Å². The standard InChI is InChI=1S/C80H52N4/c1-5-15-53(16-6-1)63-37-45-75-69(49-63)70-50-64(54-17-7-2-8-18-54)38-46-76(70)83(75)67-41-33-59(34-42-67)57-25-29-61(30-26-57)79-80(82-74-24-14-13-23-73(74)81-79)62-31-27-58(28-32-62)60-35-43-68(44-36-60)84-77-47-39-65(55-19-9-3-10-20-55)51-71(77)72-52-66(40-48-78(72)84)56-21-11-4-12-22-56/h1-52H. The molecule has 0 radical (unpaired) electrons. The van der Waals surface area contributed by atoms with Gasteiger partial charge in [-0.05, 0) is 152 Å². The third-order valence-corrected chi connectivity index (χ3v) is 16.8. The Bertz CT molecular complexity index is 4590. The highest BCUT2D eigenvalue weighted by molar-refractivity contribution is 6.13. The van der Waals surface area contributed by atoms with Gasteiger partial charge in [-0.1, -0.05) is 231 Å². The fourth-order valence-corrected chi connectivity index (χ4v) is 12.5. The molecule has 4 heteroatoms. The number of hydrogen-bond acceptors (Lipinski definition) is 2. The molecule has 0 amide bonds. The SMILES string of the molecule is c1ccc(-c2ccc3c(c2)c2cc(-c4ccccc4)ccc2n3-c2ccc(-c3ccc(-c4nc5ccccc5nc4-c4ccc(-c5ccc(-n6c7ccc(-c8ccccc8)cc7c7cc(-c8ccccc8)ccc76)cc5)cc4)cc3)cc2)cc1. The Balaban J connectivity index is 0.701. The van der Waals surface area contributed by atoms with E-state index in [9.17, 15) is 0 Å². The molecule has 3 aromatic heterocycles. The second-order valence-corrected chi connectivity index (χ2v) is 21.7. The van der Waals surface area contributed by atoms with Crippen LogP contribution in [0.2, 0.25) is 0 Å². The molecule has 16 aromatic rings. The molecule has 0 unspecified atom stereocenters. The number of hydrogen-bond donors (Lipinski definition) is 0. The van der Waals surface area contributed by atoms with Crippen molar-refractivity contribution in [1.82, 2.24) is 19.1 Å². The number of para-hydroxylation sites is 2. The number of benzene rings is 13. The third-order valence-electron chi connectivity index (χ3n) is 16.8. The summed E-state index contributed by atoms with van der Waals surface area (Å²) in [7, 11) is 0. The molecule has 0 fully saturated rings. The van der Waals surface area contributed by atoms with Gasteiger partial charge in [0.1, 0.15) is 0 Å². The van der Waals surface area contributed by atoms with Crippen molar-refractivity contribution in [1.29, 1.82) is 0 Å². The first-order valence-corrected chi connectivity index (χ1v) is 28.7. The van der Waals surface area contributed by atoms with Gasteiger partial charge in [0, 0.05) is 44.0 Å². The number of rotatable bonds is 10. The predicted molar refractivity (Wildman–Crippen MR) is 352 cm³/mol. The summed E-state index contributed by atoms with van der Waals surface area (Å²) >= 11 is 0. The molecule has 0 atom stereocenters. The lowest BCUT2D eigenvalue weighted by molar-refractivity contribution is 1.18. The molecular weight excluding hydrogens is 1020 g/mol. The van der Waals surface area contributed by atoms with Crippen molar-refractivity contribution in [2.45, 2.75) is 0 Å². The van der Waals surface area contributed by atoms with E-state index in [0.29, 0.717) is 0 Å². The van der Waals surface area contributed by atoms with Crippen molar-refractivity contribution >= 4 is 54.6 Å². The van der Waals surface area contributed by atoms with Crippen molar-refractivity contribution in [2.75, 3.05) is 0 Å². The molecule has 0 aliphatic heterocycles. The minimum Gasteiger partial charge on any atom is -0.309 e. The quantitative estimate of drug-likeness (QED) is 0.137. The minimum absolute atomic E-state index is 0.850. The average molecular weight is 1070 g/mol. The van der Waals surface area contributed by atoms with E-state index in [1.54, 1.807) is 0 Å². The zero-order chi connectivity index (χ0) is 55.5. The van der Waals surface area contributed by atoms with Crippen LogP contribution in [0.25, 0.3) is 155 Å². The zero-order valence-corrected chi connectivity index (χ0v) is 45.8. The van der Waals surface area contributed by atoms with E-state index in [0.717, 1.165) is 67.2 Å². The summed E-state index contributed by atoms with van der Waals surface area (Å²) in [6.07, 6.45) is 0. The van der Waals surface area contributed by atoms with Crippen LogP contribution in [0.4, 0.5) is 0 Å². The van der Waals surface area contributed by atoms with E-state index in [1.165, 1.54) is 88.1 Å². The summed E-state index contributed by atoms with van der Waals surface area (Å²) in [6, 6.07) is 114. The molecule has 0 N–H and O–H groups in total. The molecule has 4 nitrogen and oxygen atoms in total. The second kappa shape index (κ2) is 20.4. The summed E-state index contributed by atoms with van der Waals surface area (Å²) < 4.78 is 4.80. The Kier molecular flexibility index (Phi) is 11.8. The summed E-state index contributed by atoms with van der Waals surface area (Å²) in [4.78, 5) is 10.6. The molecule has 0 spiro atoms. The molecule has 13 aromatic carbocycles. The maximum Gasteiger partial charge on any atom is 0.0973 e. The van der Waals surface area contributed by atoms with E-state index in [4.69, 9.17) is 9.97 Å². The lowest BCUT2D eigenvalue weighted by atomic mass is 9.98. The summed E-state index contributed by atoms with van der Waals surface area (Å²) in [6.45, 7) is 0. The Morgan fingerprint density at radius 1 is 0.179 bits per heavy atom. The van der Waals surface area contributed by atoms with Crippen molar-refractivity contribution < 1.29 is 0 Å². The van der Waals surface area contributed by atoms with Crippen LogP contribution in [-0.4, -0.2) is 19.1 Å². The Morgan fingerprint density at radius 2 is 0.393 bits per heavy atom. The Hall–Kier alpha value is -11.2. The van der Waals surface area contributed by atoms with Crippen molar-refractivity contribution in [2.24, 2.45) is 0 Å². The second-order valence-electron chi connectivity index (χ2n) is 21.7. The minimum atomic E-state index is 0.850. The predicted octanol–water partition coefficient (Wildman–Crippen LogP) is 21.2. The first kappa shape index (κ1) is 48.7. The molecule has 3 heterocycles. The fraction of sp³-hybridized carbons (Fsp3) is 0. The van der Waals surface area contributed by atoms with Gasteiger partial charge in [0.15, 0.2) is 0 Å². The summed E-state index contributed by atoms with van der Waals surface area (Å²) in [5, 5.41) is 4.92. The average Bonchev–Trinajstić information content (AvgIpc) is 2.92. The lowest BCUT2D eigenvalue weighted by Gasteiger charge is -2.13. The third kappa shape index (κ3) is 8.64. The Morgan fingerprint density at radius 3 is 0.667 bits per heavy atom. The highest BCUT2D eigenvalue weighted by Gasteiger charge is 2.19. The zero-order valence-electron chi connectivity index (χ0n) is 45.8. The van der Waals surface area contributed by atoms with Gasteiger partial charge >= 0.3 is 0 Å². The van der Waals surface area contributed by atoms with Crippen LogP contribution in [-0.2, 0) is 0 Å². The molecular formula is C80H52N4. The number of aromatic nitrogens is 4. The van der Waals surface area contributed by atoms with E-state index in [-0.39, 0.29) is 0 Å². The van der Waals surface area contributed by atoms with Crippen LogP contribution >= 0.6 is 0 Å². The van der Waals surface area contributed by atoms with Crippen molar-refractivity contribution in [3.05, 3.63) is 315 Å². The van der Waals surface area contributed by atoms with Gasteiger partial charge in [-0.2, -0.15) is 0 Å².